The molecule has 9 heteroatoms. The van der Waals surface area contributed by atoms with Crippen LogP contribution in [0.2, 0.25) is 5.02 Å². The number of aliphatic hydroxyl groups excluding tert-OH is 1. The molecular weight excluding hydrogens is 506 g/mol. The van der Waals surface area contributed by atoms with Gasteiger partial charge in [0.05, 0.1) is 21.6 Å². The number of amides is 1. The summed E-state index contributed by atoms with van der Waals surface area (Å²) in [6.45, 7) is 1.68. The van der Waals surface area contributed by atoms with Crippen LogP contribution in [0.25, 0.3) is 0 Å². The lowest BCUT2D eigenvalue weighted by Gasteiger charge is -2.62. The molecule has 1 amide bonds. The summed E-state index contributed by atoms with van der Waals surface area (Å²) in [4.78, 5) is 20.0. The number of hydrogen-bond donors (Lipinski definition) is 4. The van der Waals surface area contributed by atoms with E-state index in [0.717, 1.165) is 29.8 Å². The quantitative estimate of drug-likeness (QED) is 0.434. The average Bonchev–Trinajstić information content (AvgIpc) is 3.62. The number of piperidine rings is 1. The maximum Gasteiger partial charge on any atom is 0.255 e. The number of phenolic OH excluding ortho intramolecular Hbond substituents is 1. The number of benzene rings is 2. The smallest absolute Gasteiger partial charge is 0.255 e. The lowest BCUT2D eigenvalue weighted by atomic mass is 9.49. The van der Waals surface area contributed by atoms with Gasteiger partial charge >= 0.3 is 0 Å². The van der Waals surface area contributed by atoms with Gasteiger partial charge in [0.1, 0.15) is 5.76 Å². The highest BCUT2D eigenvalue weighted by Gasteiger charge is 2.73. The van der Waals surface area contributed by atoms with Crippen LogP contribution in [0, 0.1) is 5.92 Å². The van der Waals surface area contributed by atoms with Crippen molar-refractivity contribution in [1.29, 1.82) is 0 Å². The van der Waals surface area contributed by atoms with E-state index in [0.29, 0.717) is 35.2 Å². The van der Waals surface area contributed by atoms with E-state index in [-0.39, 0.29) is 29.5 Å². The minimum atomic E-state index is -1.35. The number of likely N-dealkylation sites (tertiary alicyclic amines) is 1. The summed E-state index contributed by atoms with van der Waals surface area (Å²) in [6, 6.07) is 8.41. The Balaban J connectivity index is 1.31. The molecule has 2 bridgehead atoms. The zero-order chi connectivity index (χ0) is 26.4. The van der Waals surface area contributed by atoms with Crippen molar-refractivity contribution in [2.75, 3.05) is 25.5 Å². The predicted molar refractivity (Wildman–Crippen MR) is 143 cm³/mol. The van der Waals surface area contributed by atoms with E-state index >= 15 is 0 Å². The van der Waals surface area contributed by atoms with Gasteiger partial charge in [0.2, 0.25) is 0 Å². The van der Waals surface area contributed by atoms with Crippen molar-refractivity contribution in [1.82, 2.24) is 4.90 Å². The lowest BCUT2D eigenvalue weighted by Crippen LogP contribution is -2.75. The molecule has 2 fully saturated rings. The Hall–Kier alpha value is -3.07. The summed E-state index contributed by atoms with van der Waals surface area (Å²) in [5.41, 5.74) is 0.821. The van der Waals surface area contributed by atoms with Gasteiger partial charge in [-0.05, 0) is 68.0 Å². The highest BCUT2D eigenvalue weighted by Crippen LogP contribution is 2.66. The number of anilines is 1. The van der Waals surface area contributed by atoms with Gasteiger partial charge in [0.15, 0.2) is 17.6 Å². The third kappa shape index (κ3) is 3.17. The minimum Gasteiger partial charge on any atom is -0.508 e. The molecule has 8 nitrogen and oxygen atoms in total. The van der Waals surface area contributed by atoms with Gasteiger partial charge < -0.3 is 25.4 Å². The van der Waals surface area contributed by atoms with Crippen LogP contribution in [-0.4, -0.2) is 70.2 Å². The minimum absolute atomic E-state index is 0.0147. The molecule has 0 aromatic heterocycles. The third-order valence-corrected chi connectivity index (χ3v) is 9.65. The van der Waals surface area contributed by atoms with Crippen molar-refractivity contribution < 1.29 is 24.9 Å². The first kappa shape index (κ1) is 24.0. The number of aliphatic imine (C=N–C) groups is 1. The van der Waals surface area contributed by atoms with Gasteiger partial charge in [0.25, 0.3) is 5.91 Å². The highest BCUT2D eigenvalue weighted by molar-refractivity contribution is 6.33. The maximum atomic E-state index is 13.6. The Kier molecular flexibility index (Phi) is 5.19. The molecule has 1 spiro atoms. The first-order valence-electron chi connectivity index (χ1n) is 13.2. The number of hydrogen-bond acceptors (Lipinski definition) is 7. The van der Waals surface area contributed by atoms with Gasteiger partial charge in [-0.2, -0.15) is 0 Å². The summed E-state index contributed by atoms with van der Waals surface area (Å²) in [7, 11) is 1.65. The van der Waals surface area contributed by atoms with Crippen LogP contribution in [0.5, 0.6) is 11.5 Å². The molecule has 2 aromatic rings. The molecule has 3 aliphatic carbocycles. The van der Waals surface area contributed by atoms with Crippen molar-refractivity contribution in [3.63, 3.8) is 0 Å². The standard InChI is InChI=1S/C29H30ClN3O5/c1-31-13-17-4-6-18(11-20(17)30)32-27(36)19-12-29(37)22-10-16-5-7-21(34)25-23(16)28(29,26(38-25)24(19)35)8-9-33(22)14-15-2-3-15/h4-7,11,13,15,22,26,34-35,37H,2-3,8-10,12,14H2,1H3,(H,32,36)/b31-13+/t22-,26+,28+,29-/m1/s1. The number of halogens is 1. The van der Waals surface area contributed by atoms with Crippen LogP contribution in [-0.2, 0) is 16.6 Å². The fourth-order valence-corrected chi connectivity index (χ4v) is 7.65. The molecule has 2 aromatic carbocycles. The normalized spacial score (nSPS) is 31.3. The molecule has 0 unspecified atom stereocenters. The molecule has 198 valence electrons. The average molecular weight is 536 g/mol. The lowest BCUT2D eigenvalue weighted by molar-refractivity contribution is -0.172. The molecule has 2 aliphatic heterocycles. The molecule has 1 saturated carbocycles. The van der Waals surface area contributed by atoms with Gasteiger partial charge in [-0.3, -0.25) is 14.7 Å². The highest BCUT2D eigenvalue weighted by atomic mass is 35.5. The molecule has 5 aliphatic rings. The van der Waals surface area contributed by atoms with Crippen LogP contribution in [0.15, 0.2) is 46.7 Å². The zero-order valence-electron chi connectivity index (χ0n) is 21.1. The Bertz CT molecular complexity index is 1440. The molecule has 4 N–H and O–H groups in total. The summed E-state index contributed by atoms with van der Waals surface area (Å²) < 4.78 is 6.26. The van der Waals surface area contributed by atoms with Crippen molar-refractivity contribution in [2.24, 2.45) is 10.9 Å². The van der Waals surface area contributed by atoms with E-state index in [4.69, 9.17) is 16.3 Å². The molecule has 4 atom stereocenters. The van der Waals surface area contributed by atoms with Gasteiger partial charge in [-0.1, -0.05) is 17.7 Å². The summed E-state index contributed by atoms with van der Waals surface area (Å²) in [6.07, 6.45) is 4.22. The van der Waals surface area contributed by atoms with Crippen LogP contribution in [0.1, 0.15) is 42.4 Å². The zero-order valence-corrected chi connectivity index (χ0v) is 21.8. The van der Waals surface area contributed by atoms with Crippen molar-refractivity contribution in [3.05, 3.63) is 63.4 Å². The number of nitrogens with zero attached hydrogens (tertiary/aromatic N) is 2. The Morgan fingerprint density at radius 3 is 2.84 bits per heavy atom. The second-order valence-electron chi connectivity index (χ2n) is 11.4. The number of carbonyl (C=O) groups excluding carboxylic acids is 1. The number of nitrogens with one attached hydrogen (secondary N) is 1. The van der Waals surface area contributed by atoms with Gasteiger partial charge in [-0.25, -0.2) is 0 Å². The topological polar surface area (TPSA) is 115 Å². The van der Waals surface area contributed by atoms with Gasteiger partial charge in [-0.15, -0.1) is 0 Å². The van der Waals surface area contributed by atoms with E-state index in [1.165, 1.54) is 12.8 Å². The maximum absolute atomic E-state index is 13.6. The van der Waals surface area contributed by atoms with E-state index in [2.05, 4.69) is 15.2 Å². The number of phenols is 1. The molecule has 7 rings (SSSR count). The first-order chi connectivity index (χ1) is 18.3. The Morgan fingerprint density at radius 2 is 2.11 bits per heavy atom. The summed E-state index contributed by atoms with van der Waals surface area (Å²) in [5, 5.41) is 38.2. The van der Waals surface area contributed by atoms with E-state index < -0.39 is 23.0 Å². The molecule has 2 heterocycles. The second-order valence-corrected chi connectivity index (χ2v) is 11.8. The van der Waals surface area contributed by atoms with Crippen molar-refractivity contribution >= 4 is 29.4 Å². The summed E-state index contributed by atoms with van der Waals surface area (Å²) in [5.74, 6) is 0.234. The van der Waals surface area contributed by atoms with Gasteiger partial charge in [0, 0.05) is 49.1 Å². The molecule has 38 heavy (non-hydrogen) atoms. The second kappa shape index (κ2) is 8.21. The Labute approximate surface area is 225 Å². The van der Waals surface area contributed by atoms with E-state index in [1.807, 2.05) is 6.07 Å². The first-order valence-corrected chi connectivity index (χ1v) is 13.6. The van der Waals surface area contributed by atoms with E-state index in [1.54, 1.807) is 37.5 Å². The number of rotatable bonds is 5. The summed E-state index contributed by atoms with van der Waals surface area (Å²) >= 11 is 6.35. The number of carbonyl (C=O) groups is 1. The van der Waals surface area contributed by atoms with Crippen molar-refractivity contribution in [2.45, 2.75) is 55.3 Å². The van der Waals surface area contributed by atoms with E-state index in [9.17, 15) is 20.1 Å². The van der Waals surface area contributed by atoms with Crippen molar-refractivity contribution in [3.8, 4) is 11.5 Å². The largest absolute Gasteiger partial charge is 0.508 e. The van der Waals surface area contributed by atoms with Crippen LogP contribution < -0.4 is 10.1 Å². The van der Waals surface area contributed by atoms with Crippen LogP contribution in [0.3, 0.4) is 0 Å². The SMILES string of the molecule is C/N=C/c1ccc(NC(=O)C2=C(O)[C@@H]3Oc4c(O)ccc5c4[C@@]34CCN(CC3CC3)[C@H](C5)[C@]4(O)C2)cc1Cl. The molecule has 0 radical (unpaired) electrons. The third-order valence-electron chi connectivity index (χ3n) is 9.32. The molecule has 1 saturated heterocycles. The Morgan fingerprint density at radius 1 is 1.29 bits per heavy atom. The fraction of sp³-hybridized carbons (Fsp3) is 0.448. The predicted octanol–water partition coefficient (Wildman–Crippen LogP) is 3.72. The number of aromatic hydroxyl groups is 1. The molecular formula is C29H30ClN3O5. The van der Waals surface area contributed by atoms with Crippen LogP contribution in [0.4, 0.5) is 5.69 Å². The number of aliphatic hydroxyl groups is 2. The monoisotopic (exact) mass is 535 g/mol. The fourth-order valence-electron chi connectivity index (χ4n) is 7.42. The van der Waals surface area contributed by atoms with Crippen LogP contribution >= 0.6 is 11.6 Å². The number of ether oxygens (including phenoxy) is 1.